The highest BCUT2D eigenvalue weighted by atomic mass is 35.5. The topological polar surface area (TPSA) is 52.6 Å². The third-order valence-electron chi connectivity index (χ3n) is 4.60. The van der Waals surface area contributed by atoms with Crippen molar-refractivity contribution in [2.24, 2.45) is 0 Å². The smallest absolute Gasteiger partial charge is 0.306 e. The lowest BCUT2D eigenvalue weighted by molar-refractivity contribution is -0.149. The third-order valence-corrected chi connectivity index (χ3v) is 4.87. The van der Waals surface area contributed by atoms with E-state index < -0.39 is 0 Å². The molecule has 0 saturated heterocycles. The average Bonchev–Trinajstić information content (AvgIpc) is 2.63. The molecule has 0 aromatic heterocycles. The fourth-order valence-corrected chi connectivity index (χ4v) is 3.11. The van der Waals surface area contributed by atoms with Crippen LogP contribution in [0.25, 0.3) is 0 Å². The molecule has 27 heavy (non-hydrogen) atoms. The zero-order valence-corrected chi connectivity index (χ0v) is 18.4. The highest BCUT2D eigenvalue weighted by Crippen LogP contribution is 2.10. The molecule has 0 spiro atoms. The molecule has 0 N–H and O–H groups in total. The molecule has 1 unspecified atom stereocenters. The van der Waals surface area contributed by atoms with Gasteiger partial charge in [0.15, 0.2) is 0 Å². The lowest BCUT2D eigenvalue weighted by atomic mass is 10.1. The molecule has 0 aromatic carbocycles. The molecule has 0 bridgehead atoms. The Hall–Kier alpha value is -0.770. The molecule has 0 amide bonds. The van der Waals surface area contributed by atoms with Crippen molar-refractivity contribution in [2.45, 2.75) is 116 Å². The van der Waals surface area contributed by atoms with Gasteiger partial charge in [-0.3, -0.25) is 9.59 Å². The Morgan fingerprint density at radius 3 is 2.00 bits per heavy atom. The minimum absolute atomic E-state index is 0.0312. The van der Waals surface area contributed by atoms with Crippen LogP contribution in [-0.2, 0) is 19.1 Å². The van der Waals surface area contributed by atoms with Gasteiger partial charge in [0, 0.05) is 18.7 Å². The minimum Gasteiger partial charge on any atom is -0.466 e. The number of alkyl halides is 1. The maximum absolute atomic E-state index is 11.7. The van der Waals surface area contributed by atoms with Crippen LogP contribution in [0.2, 0.25) is 0 Å². The molecule has 4 nitrogen and oxygen atoms in total. The van der Waals surface area contributed by atoms with Crippen LogP contribution in [0.1, 0.15) is 110 Å². The molecule has 0 aliphatic carbocycles. The molecule has 0 rings (SSSR count). The van der Waals surface area contributed by atoms with Crippen LogP contribution >= 0.6 is 11.6 Å². The van der Waals surface area contributed by atoms with E-state index >= 15 is 0 Å². The standard InChI is InChI=1S/C22H41ClO4/c1-3-4-11-15-20(2)27-22(25)17-14-16-21(24)26-19-13-10-8-6-5-7-9-12-18-23/h20H,3-19H2,1-2H3. The second kappa shape index (κ2) is 20.0. The van der Waals surface area contributed by atoms with Crippen LogP contribution in [0.4, 0.5) is 0 Å². The third kappa shape index (κ3) is 19.8. The lowest BCUT2D eigenvalue weighted by Crippen LogP contribution is -2.15. The van der Waals surface area contributed by atoms with Gasteiger partial charge in [0.1, 0.15) is 0 Å². The highest BCUT2D eigenvalue weighted by molar-refractivity contribution is 6.17. The SMILES string of the molecule is CCCCCC(C)OC(=O)CCCC(=O)OCCCCCCCCCCCl. The molecule has 160 valence electrons. The van der Waals surface area contributed by atoms with Crippen molar-refractivity contribution in [3.8, 4) is 0 Å². The number of ether oxygens (including phenoxy) is 2. The van der Waals surface area contributed by atoms with Crippen LogP contribution in [0.3, 0.4) is 0 Å². The normalized spacial score (nSPS) is 12.0. The minimum atomic E-state index is -0.210. The second-order valence-electron chi connectivity index (χ2n) is 7.39. The number of carbonyl (C=O) groups is 2. The maximum atomic E-state index is 11.7. The molecular formula is C22H41ClO4. The Morgan fingerprint density at radius 2 is 1.37 bits per heavy atom. The van der Waals surface area contributed by atoms with Crippen LogP contribution in [-0.4, -0.2) is 30.5 Å². The predicted octanol–water partition coefficient (Wildman–Crippen LogP) is 6.57. The fraction of sp³-hybridized carbons (Fsp3) is 0.909. The van der Waals surface area contributed by atoms with Crippen molar-refractivity contribution in [2.75, 3.05) is 12.5 Å². The molecule has 0 aliphatic heterocycles. The first-order valence-electron chi connectivity index (χ1n) is 11.0. The first kappa shape index (κ1) is 26.2. The van der Waals surface area contributed by atoms with Crippen molar-refractivity contribution >= 4 is 23.5 Å². The summed E-state index contributed by atoms with van der Waals surface area (Å²) in [6.45, 7) is 4.58. The van der Waals surface area contributed by atoms with Gasteiger partial charge in [0.25, 0.3) is 0 Å². The van der Waals surface area contributed by atoms with Gasteiger partial charge in [-0.15, -0.1) is 11.6 Å². The van der Waals surface area contributed by atoms with E-state index in [1.165, 1.54) is 38.5 Å². The highest BCUT2D eigenvalue weighted by Gasteiger charge is 2.11. The molecule has 5 heteroatoms. The number of carbonyl (C=O) groups excluding carboxylic acids is 2. The van der Waals surface area contributed by atoms with Gasteiger partial charge in [-0.25, -0.2) is 0 Å². The summed E-state index contributed by atoms with van der Waals surface area (Å²) in [6, 6.07) is 0. The van der Waals surface area contributed by atoms with E-state index in [0.29, 0.717) is 19.4 Å². The predicted molar refractivity (Wildman–Crippen MR) is 112 cm³/mol. The van der Waals surface area contributed by atoms with Crippen molar-refractivity contribution in [3.63, 3.8) is 0 Å². The molecular weight excluding hydrogens is 364 g/mol. The number of rotatable bonds is 19. The Labute approximate surface area is 171 Å². The van der Waals surface area contributed by atoms with Crippen LogP contribution < -0.4 is 0 Å². The molecule has 0 heterocycles. The molecule has 0 radical (unpaired) electrons. The fourth-order valence-electron chi connectivity index (χ4n) is 2.92. The van der Waals surface area contributed by atoms with E-state index in [0.717, 1.165) is 44.4 Å². The maximum Gasteiger partial charge on any atom is 0.306 e. The molecule has 0 fully saturated rings. The van der Waals surface area contributed by atoms with E-state index in [9.17, 15) is 9.59 Å². The summed E-state index contributed by atoms with van der Waals surface area (Å²) >= 11 is 5.65. The van der Waals surface area contributed by atoms with Gasteiger partial charge >= 0.3 is 11.9 Å². The average molecular weight is 405 g/mol. The van der Waals surface area contributed by atoms with Crippen molar-refractivity contribution in [1.82, 2.24) is 0 Å². The van der Waals surface area contributed by atoms with Crippen molar-refractivity contribution in [3.05, 3.63) is 0 Å². The zero-order valence-electron chi connectivity index (χ0n) is 17.6. The van der Waals surface area contributed by atoms with Gasteiger partial charge in [-0.05, 0) is 39.0 Å². The van der Waals surface area contributed by atoms with Crippen LogP contribution in [0, 0.1) is 0 Å². The monoisotopic (exact) mass is 404 g/mol. The summed E-state index contributed by atoms with van der Waals surface area (Å²) < 4.78 is 10.6. The van der Waals surface area contributed by atoms with Gasteiger partial charge in [-0.2, -0.15) is 0 Å². The number of unbranched alkanes of at least 4 members (excludes halogenated alkanes) is 9. The zero-order chi connectivity index (χ0) is 20.2. The summed E-state index contributed by atoms with van der Waals surface area (Å²) in [5, 5.41) is 0. The molecule has 0 aromatic rings. The summed E-state index contributed by atoms with van der Waals surface area (Å²) in [5.41, 5.74) is 0. The Bertz CT molecular complexity index is 360. The number of hydrogen-bond acceptors (Lipinski definition) is 4. The second-order valence-corrected chi connectivity index (χ2v) is 7.77. The van der Waals surface area contributed by atoms with Gasteiger partial charge < -0.3 is 9.47 Å². The summed E-state index contributed by atoms with van der Waals surface area (Å²) in [7, 11) is 0. The largest absolute Gasteiger partial charge is 0.466 e. The Kier molecular flexibility index (Phi) is 19.4. The first-order valence-corrected chi connectivity index (χ1v) is 11.5. The summed E-state index contributed by atoms with van der Waals surface area (Å²) in [6.07, 6.45) is 14.7. The molecule has 0 saturated carbocycles. The van der Waals surface area contributed by atoms with Gasteiger partial charge in [0.2, 0.25) is 0 Å². The summed E-state index contributed by atoms with van der Waals surface area (Å²) in [5.74, 6) is 0.350. The van der Waals surface area contributed by atoms with Gasteiger partial charge in [-0.1, -0.05) is 58.3 Å². The summed E-state index contributed by atoms with van der Waals surface area (Å²) in [4.78, 5) is 23.4. The van der Waals surface area contributed by atoms with E-state index in [-0.39, 0.29) is 24.5 Å². The Balaban J connectivity index is 3.42. The van der Waals surface area contributed by atoms with Crippen LogP contribution in [0.15, 0.2) is 0 Å². The van der Waals surface area contributed by atoms with Crippen molar-refractivity contribution in [1.29, 1.82) is 0 Å². The molecule has 0 aliphatic rings. The van der Waals surface area contributed by atoms with Gasteiger partial charge in [0.05, 0.1) is 12.7 Å². The van der Waals surface area contributed by atoms with Crippen molar-refractivity contribution < 1.29 is 19.1 Å². The van der Waals surface area contributed by atoms with Crippen LogP contribution in [0.5, 0.6) is 0 Å². The van der Waals surface area contributed by atoms with E-state index in [4.69, 9.17) is 21.1 Å². The Morgan fingerprint density at radius 1 is 0.778 bits per heavy atom. The number of hydrogen-bond donors (Lipinski definition) is 0. The van der Waals surface area contributed by atoms with E-state index in [1.54, 1.807) is 0 Å². The lowest BCUT2D eigenvalue weighted by Gasteiger charge is -2.12. The quantitative estimate of drug-likeness (QED) is 0.139. The number of esters is 2. The molecule has 1 atom stereocenters. The first-order chi connectivity index (χ1) is 13.1. The van der Waals surface area contributed by atoms with E-state index in [2.05, 4.69) is 6.92 Å². The number of halogens is 1. The van der Waals surface area contributed by atoms with E-state index in [1.807, 2.05) is 6.92 Å².